The highest BCUT2D eigenvalue weighted by atomic mass is 35.5. The number of halogens is 2. The maximum atomic E-state index is 12.1. The van der Waals surface area contributed by atoms with Crippen LogP contribution in [0.4, 0.5) is 5.69 Å². The number of nitrogens with zero attached hydrogens (tertiary/aromatic N) is 1. The van der Waals surface area contributed by atoms with Gasteiger partial charge in [-0.2, -0.15) is 0 Å². The minimum atomic E-state index is -0.134. The van der Waals surface area contributed by atoms with Crippen LogP contribution >= 0.6 is 23.2 Å². The molecule has 1 atom stereocenters. The Hall–Kier alpha value is -2.28. The average molecular weight is 381 g/mol. The predicted octanol–water partition coefficient (Wildman–Crippen LogP) is 2.89. The number of anilines is 1. The normalized spacial score (nSPS) is 12.1. The molecule has 0 spiro atoms. The summed E-state index contributed by atoms with van der Waals surface area (Å²) in [5.74, 6) is 1.05. The highest BCUT2D eigenvalue weighted by Crippen LogP contribution is 2.24. The molecule has 0 fully saturated rings. The molecular weight excluding hydrogens is 365 g/mol. The zero-order chi connectivity index (χ0) is 17.8. The lowest BCUT2D eigenvalue weighted by Gasteiger charge is -2.12. The largest absolute Gasteiger partial charge is 0.461 e. The zero-order valence-corrected chi connectivity index (χ0v) is 14.9. The number of aromatic nitrogens is 1. The molecule has 2 N–H and O–H groups in total. The quantitative estimate of drug-likeness (QED) is 0.689. The van der Waals surface area contributed by atoms with Crippen LogP contribution in [0.15, 0.2) is 51.6 Å². The van der Waals surface area contributed by atoms with Gasteiger partial charge in [0.2, 0.25) is 5.76 Å². The van der Waals surface area contributed by atoms with E-state index >= 15 is 0 Å². The van der Waals surface area contributed by atoms with Crippen molar-refractivity contribution in [3.8, 4) is 11.5 Å². The van der Waals surface area contributed by atoms with Gasteiger partial charge in [-0.1, -0.05) is 28.4 Å². The Morgan fingerprint density at radius 2 is 2.04 bits per heavy atom. The zero-order valence-electron chi connectivity index (χ0n) is 13.4. The highest BCUT2D eigenvalue weighted by molar-refractivity contribution is 6.42. The summed E-state index contributed by atoms with van der Waals surface area (Å²) in [4.78, 5) is 13.1. The van der Waals surface area contributed by atoms with Crippen molar-refractivity contribution in [1.82, 2.24) is 5.16 Å². The molecule has 6 nitrogen and oxygen atoms in total. The van der Waals surface area contributed by atoms with Crippen LogP contribution in [0.25, 0.3) is 11.5 Å². The van der Waals surface area contributed by atoms with Crippen LogP contribution in [0.2, 0.25) is 10.0 Å². The Kier molecular flexibility index (Phi) is 5.43. The van der Waals surface area contributed by atoms with E-state index in [4.69, 9.17) is 32.1 Å². The monoisotopic (exact) mass is 380 g/mol. The molecule has 2 aromatic heterocycles. The third-order valence-corrected chi connectivity index (χ3v) is 4.21. The van der Waals surface area contributed by atoms with Crippen molar-refractivity contribution < 1.29 is 18.6 Å². The minimum Gasteiger partial charge on any atom is -0.461 e. The minimum absolute atomic E-state index is 0.134. The summed E-state index contributed by atoms with van der Waals surface area (Å²) in [6.45, 7) is 0.808. The highest BCUT2D eigenvalue weighted by Gasteiger charge is 2.15. The maximum Gasteiger partial charge on any atom is 0.279 e. The molecule has 0 aliphatic rings. The standard InChI is InChI=1S/C17H15Cl2N3O3/c1-22(9-12-8-16(25-21-12)15-3-2-6-24-15)10-17(23)20-11-4-5-13(18)14(19)7-11/h2-8H,9-10H2,1H3,(H,20,23)/p+1. The SMILES string of the molecule is C[NH+](CC(=O)Nc1ccc(Cl)c(Cl)c1)Cc1cc(-c2ccco2)on1. The fourth-order valence-corrected chi connectivity index (χ4v) is 2.65. The van der Waals surface area contributed by atoms with Crippen molar-refractivity contribution >= 4 is 34.8 Å². The van der Waals surface area contributed by atoms with Gasteiger partial charge in [-0.05, 0) is 30.3 Å². The number of furan rings is 1. The number of rotatable bonds is 6. The van der Waals surface area contributed by atoms with Gasteiger partial charge in [-0.3, -0.25) is 4.79 Å². The average Bonchev–Trinajstić information content (AvgIpc) is 3.21. The Labute approximate surface area is 154 Å². The second-order valence-electron chi connectivity index (χ2n) is 5.65. The number of nitrogens with one attached hydrogen (secondary N) is 2. The second-order valence-corrected chi connectivity index (χ2v) is 6.46. The van der Waals surface area contributed by atoms with Crippen LogP contribution < -0.4 is 10.2 Å². The lowest BCUT2D eigenvalue weighted by atomic mass is 10.3. The van der Waals surface area contributed by atoms with Crippen molar-refractivity contribution in [2.75, 3.05) is 18.9 Å². The van der Waals surface area contributed by atoms with Gasteiger partial charge in [-0.15, -0.1) is 0 Å². The Balaban J connectivity index is 1.54. The van der Waals surface area contributed by atoms with Crippen molar-refractivity contribution in [1.29, 1.82) is 0 Å². The smallest absolute Gasteiger partial charge is 0.279 e. The maximum absolute atomic E-state index is 12.1. The molecule has 0 aliphatic heterocycles. The third-order valence-electron chi connectivity index (χ3n) is 3.47. The molecule has 130 valence electrons. The summed E-state index contributed by atoms with van der Waals surface area (Å²) in [6, 6.07) is 10.3. The Morgan fingerprint density at radius 1 is 1.20 bits per heavy atom. The molecule has 1 aromatic carbocycles. The van der Waals surface area contributed by atoms with Gasteiger partial charge < -0.3 is 19.2 Å². The molecule has 3 rings (SSSR count). The van der Waals surface area contributed by atoms with Gasteiger partial charge in [0, 0.05) is 11.8 Å². The molecule has 0 aliphatic carbocycles. The van der Waals surface area contributed by atoms with Gasteiger partial charge >= 0.3 is 0 Å². The van der Waals surface area contributed by atoms with Gasteiger partial charge in [0.05, 0.1) is 23.4 Å². The number of hydrogen-bond donors (Lipinski definition) is 2. The first-order valence-corrected chi connectivity index (χ1v) is 8.32. The van der Waals surface area contributed by atoms with Crippen LogP contribution in [0.1, 0.15) is 5.69 Å². The number of carbonyl (C=O) groups excluding carboxylic acids is 1. The van der Waals surface area contributed by atoms with Crippen LogP contribution in [-0.4, -0.2) is 24.7 Å². The van der Waals surface area contributed by atoms with Crippen LogP contribution in [0.5, 0.6) is 0 Å². The van der Waals surface area contributed by atoms with E-state index < -0.39 is 0 Å². The van der Waals surface area contributed by atoms with E-state index in [9.17, 15) is 4.79 Å². The van der Waals surface area contributed by atoms with Crippen molar-refractivity contribution in [2.24, 2.45) is 0 Å². The van der Waals surface area contributed by atoms with E-state index in [1.54, 1.807) is 42.7 Å². The van der Waals surface area contributed by atoms with Gasteiger partial charge in [-0.25, -0.2) is 0 Å². The first kappa shape index (κ1) is 17.5. The molecule has 3 aromatic rings. The summed E-state index contributed by atoms with van der Waals surface area (Å²) >= 11 is 11.8. The molecule has 0 bridgehead atoms. The molecule has 0 saturated heterocycles. The molecule has 1 amide bonds. The first-order chi connectivity index (χ1) is 12.0. The fourth-order valence-electron chi connectivity index (χ4n) is 2.35. The summed E-state index contributed by atoms with van der Waals surface area (Å²) in [7, 11) is 1.90. The molecule has 2 heterocycles. The topological polar surface area (TPSA) is 72.7 Å². The number of benzene rings is 1. The van der Waals surface area contributed by atoms with Crippen molar-refractivity contribution in [2.45, 2.75) is 6.54 Å². The number of likely N-dealkylation sites (N-methyl/N-ethyl adjacent to an activating group) is 1. The summed E-state index contributed by atoms with van der Waals surface area (Å²) in [5, 5.41) is 7.64. The van der Waals surface area contributed by atoms with Crippen LogP contribution in [0, 0.1) is 0 Å². The van der Waals surface area contributed by atoms with Gasteiger partial charge in [0.1, 0.15) is 12.2 Å². The first-order valence-electron chi connectivity index (χ1n) is 7.57. The summed E-state index contributed by atoms with van der Waals surface area (Å²) in [6.07, 6.45) is 1.57. The molecule has 0 radical (unpaired) electrons. The predicted molar refractivity (Wildman–Crippen MR) is 94.8 cm³/mol. The summed E-state index contributed by atoms with van der Waals surface area (Å²) in [5.41, 5.74) is 1.35. The second kappa shape index (κ2) is 7.74. The van der Waals surface area contributed by atoms with Crippen molar-refractivity contribution in [3.05, 3.63) is 58.4 Å². The fraction of sp³-hybridized carbons (Fsp3) is 0.176. The Bertz CT molecular complexity index is 862. The Morgan fingerprint density at radius 3 is 2.76 bits per heavy atom. The lowest BCUT2D eigenvalue weighted by molar-refractivity contribution is -0.885. The number of carbonyl (C=O) groups is 1. The van der Waals surface area contributed by atoms with Crippen LogP contribution in [-0.2, 0) is 11.3 Å². The molecule has 8 heteroatoms. The third kappa shape index (κ3) is 4.63. The van der Waals surface area contributed by atoms with E-state index in [0.29, 0.717) is 33.8 Å². The number of amides is 1. The van der Waals surface area contributed by atoms with E-state index in [1.807, 2.05) is 7.05 Å². The summed E-state index contributed by atoms with van der Waals surface area (Å²) < 4.78 is 10.5. The molecule has 0 saturated carbocycles. The molecule has 1 unspecified atom stereocenters. The van der Waals surface area contributed by atoms with Crippen molar-refractivity contribution in [3.63, 3.8) is 0 Å². The van der Waals surface area contributed by atoms with Gasteiger partial charge in [0.25, 0.3) is 5.91 Å². The van der Waals surface area contributed by atoms with E-state index in [0.717, 1.165) is 10.6 Å². The van der Waals surface area contributed by atoms with Crippen LogP contribution in [0.3, 0.4) is 0 Å². The van der Waals surface area contributed by atoms with Gasteiger partial charge in [0.15, 0.2) is 12.3 Å². The molecule has 25 heavy (non-hydrogen) atoms. The lowest BCUT2D eigenvalue weighted by Crippen LogP contribution is -3.08. The number of quaternary nitrogens is 1. The van der Waals surface area contributed by atoms with E-state index in [-0.39, 0.29) is 12.5 Å². The number of hydrogen-bond acceptors (Lipinski definition) is 4. The molecular formula is C17H16Cl2N3O3+. The van der Waals surface area contributed by atoms with E-state index in [2.05, 4.69) is 10.5 Å². The van der Waals surface area contributed by atoms with E-state index in [1.165, 1.54) is 0 Å².